The number of nitriles is 1. The van der Waals surface area contributed by atoms with E-state index in [0.29, 0.717) is 12.8 Å². The predicted octanol–water partition coefficient (Wildman–Crippen LogP) is 3.58. The fourth-order valence-electron chi connectivity index (χ4n) is 3.04. The molecule has 8 heteroatoms. The van der Waals surface area contributed by atoms with Crippen molar-refractivity contribution in [2.45, 2.75) is 25.9 Å². The molecule has 0 N–H and O–H groups in total. The number of carbonyl (C=O) groups is 1. The van der Waals surface area contributed by atoms with Crippen molar-refractivity contribution in [2.75, 3.05) is 13.1 Å². The molecule has 2 heterocycles. The fraction of sp³-hybridized carbons (Fsp3) is 0.389. The second kappa shape index (κ2) is 6.83. The van der Waals surface area contributed by atoms with Crippen molar-refractivity contribution in [3.8, 4) is 11.8 Å². The molecule has 1 aromatic heterocycles. The number of carbonyl (C=O) groups excluding carboxylic acids is 1. The van der Waals surface area contributed by atoms with Crippen LogP contribution in [0.15, 0.2) is 30.5 Å². The number of alkyl halides is 3. The summed E-state index contributed by atoms with van der Waals surface area (Å²) in [6, 6.07) is 8.57. The lowest BCUT2D eigenvalue weighted by Crippen LogP contribution is -2.39. The molecule has 2 aromatic rings. The molecule has 26 heavy (non-hydrogen) atoms. The van der Waals surface area contributed by atoms with E-state index in [4.69, 9.17) is 5.26 Å². The number of benzene rings is 1. The topological polar surface area (TPSA) is 61.9 Å². The van der Waals surface area contributed by atoms with E-state index in [2.05, 4.69) is 11.2 Å². The lowest BCUT2D eigenvalue weighted by Gasteiger charge is -2.29. The van der Waals surface area contributed by atoms with Crippen molar-refractivity contribution in [3.63, 3.8) is 0 Å². The van der Waals surface area contributed by atoms with Crippen LogP contribution in [0.3, 0.4) is 0 Å². The van der Waals surface area contributed by atoms with Gasteiger partial charge in [0.15, 0.2) is 5.69 Å². The van der Waals surface area contributed by atoms with Gasteiger partial charge in [-0.25, -0.2) is 4.68 Å². The summed E-state index contributed by atoms with van der Waals surface area (Å²) in [5, 5.41) is 12.7. The van der Waals surface area contributed by atoms with E-state index in [0.717, 1.165) is 16.4 Å². The molecule has 1 amide bonds. The van der Waals surface area contributed by atoms with E-state index in [-0.39, 0.29) is 24.7 Å². The van der Waals surface area contributed by atoms with Crippen LogP contribution in [0.1, 0.15) is 34.5 Å². The summed E-state index contributed by atoms with van der Waals surface area (Å²) in [5.74, 6) is -0.858. The van der Waals surface area contributed by atoms with Gasteiger partial charge in [-0.15, -0.1) is 0 Å². The molecule has 0 spiro atoms. The SMILES string of the molecule is Cc1ccc(-n2ncc(C(=O)N3CCC(C#N)CC3)c2C(F)(F)F)cc1. The summed E-state index contributed by atoms with van der Waals surface area (Å²) in [6.45, 7) is 2.37. The van der Waals surface area contributed by atoms with Crippen LogP contribution >= 0.6 is 0 Å². The second-order valence-corrected chi connectivity index (χ2v) is 6.35. The van der Waals surface area contributed by atoms with Gasteiger partial charge in [-0.1, -0.05) is 17.7 Å². The third-order valence-corrected chi connectivity index (χ3v) is 4.51. The van der Waals surface area contributed by atoms with Crippen molar-refractivity contribution < 1.29 is 18.0 Å². The molecule has 0 atom stereocenters. The Morgan fingerprint density at radius 1 is 1.23 bits per heavy atom. The molecule has 0 radical (unpaired) electrons. The number of hydrogen-bond donors (Lipinski definition) is 0. The van der Waals surface area contributed by atoms with E-state index in [9.17, 15) is 18.0 Å². The van der Waals surface area contributed by atoms with Crippen molar-refractivity contribution in [1.82, 2.24) is 14.7 Å². The van der Waals surface area contributed by atoms with Gasteiger partial charge in [-0.2, -0.15) is 23.5 Å². The fourth-order valence-corrected chi connectivity index (χ4v) is 3.04. The van der Waals surface area contributed by atoms with Crippen molar-refractivity contribution >= 4 is 5.91 Å². The van der Waals surface area contributed by atoms with Crippen LogP contribution in [0.2, 0.25) is 0 Å². The summed E-state index contributed by atoms with van der Waals surface area (Å²) in [4.78, 5) is 14.0. The lowest BCUT2D eigenvalue weighted by atomic mass is 9.98. The zero-order valence-corrected chi connectivity index (χ0v) is 14.1. The molecular weight excluding hydrogens is 345 g/mol. The maximum absolute atomic E-state index is 13.7. The lowest BCUT2D eigenvalue weighted by molar-refractivity contribution is -0.143. The first-order valence-corrected chi connectivity index (χ1v) is 8.22. The highest BCUT2D eigenvalue weighted by atomic mass is 19.4. The summed E-state index contributed by atoms with van der Waals surface area (Å²) in [6.07, 6.45) is -2.82. The number of likely N-dealkylation sites (tertiary alicyclic amines) is 1. The highest BCUT2D eigenvalue weighted by Crippen LogP contribution is 2.34. The minimum atomic E-state index is -4.72. The number of amides is 1. The molecule has 136 valence electrons. The molecule has 1 aromatic carbocycles. The molecule has 1 aliphatic heterocycles. The van der Waals surface area contributed by atoms with Gasteiger partial charge >= 0.3 is 6.18 Å². The van der Waals surface area contributed by atoms with Gasteiger partial charge in [0.1, 0.15) is 0 Å². The Hall–Kier alpha value is -2.82. The Labute approximate surface area is 148 Å². The minimum absolute atomic E-state index is 0.156. The Kier molecular flexibility index (Phi) is 4.72. The molecule has 0 saturated carbocycles. The van der Waals surface area contributed by atoms with Gasteiger partial charge < -0.3 is 4.90 Å². The van der Waals surface area contributed by atoms with Crippen LogP contribution in [-0.2, 0) is 6.18 Å². The van der Waals surface area contributed by atoms with Crippen LogP contribution in [0.25, 0.3) is 5.69 Å². The molecule has 1 fully saturated rings. The van der Waals surface area contributed by atoms with E-state index in [1.54, 1.807) is 12.1 Å². The maximum atomic E-state index is 13.7. The number of hydrogen-bond acceptors (Lipinski definition) is 3. The monoisotopic (exact) mass is 362 g/mol. The van der Waals surface area contributed by atoms with Crippen LogP contribution < -0.4 is 0 Å². The van der Waals surface area contributed by atoms with E-state index in [1.165, 1.54) is 17.0 Å². The standard InChI is InChI=1S/C18H17F3N4O/c1-12-2-4-14(5-3-12)25-16(18(19,20)21)15(11-23-25)17(26)24-8-6-13(10-22)7-9-24/h2-5,11,13H,6-9H2,1H3. The smallest absolute Gasteiger partial charge is 0.338 e. The van der Waals surface area contributed by atoms with Crippen LogP contribution in [-0.4, -0.2) is 33.7 Å². The zero-order chi connectivity index (χ0) is 18.9. The number of aromatic nitrogens is 2. The normalized spacial score (nSPS) is 15.7. The predicted molar refractivity (Wildman–Crippen MR) is 87.5 cm³/mol. The first kappa shape index (κ1) is 18.0. The van der Waals surface area contributed by atoms with Crippen LogP contribution in [0, 0.1) is 24.2 Å². The second-order valence-electron chi connectivity index (χ2n) is 6.35. The van der Waals surface area contributed by atoms with Gasteiger partial charge in [-0.3, -0.25) is 4.79 Å². The van der Waals surface area contributed by atoms with Crippen molar-refractivity contribution in [3.05, 3.63) is 47.3 Å². The third kappa shape index (κ3) is 3.43. The zero-order valence-electron chi connectivity index (χ0n) is 14.1. The Balaban J connectivity index is 1.96. The molecule has 1 saturated heterocycles. The Morgan fingerprint density at radius 2 is 1.85 bits per heavy atom. The third-order valence-electron chi connectivity index (χ3n) is 4.51. The number of halogens is 3. The van der Waals surface area contributed by atoms with Crippen LogP contribution in [0.5, 0.6) is 0 Å². The number of piperidine rings is 1. The van der Waals surface area contributed by atoms with Crippen LogP contribution in [0.4, 0.5) is 13.2 Å². The van der Waals surface area contributed by atoms with Crippen molar-refractivity contribution in [1.29, 1.82) is 5.26 Å². The molecule has 0 unspecified atom stereocenters. The first-order chi connectivity index (χ1) is 12.3. The summed E-state index contributed by atoms with van der Waals surface area (Å²) < 4.78 is 41.8. The van der Waals surface area contributed by atoms with E-state index >= 15 is 0 Å². The molecule has 3 rings (SSSR count). The number of nitrogens with zero attached hydrogens (tertiary/aromatic N) is 4. The average Bonchev–Trinajstić information content (AvgIpc) is 3.07. The molecule has 0 bridgehead atoms. The highest BCUT2D eigenvalue weighted by molar-refractivity contribution is 5.95. The molecule has 5 nitrogen and oxygen atoms in total. The Bertz CT molecular complexity index is 841. The summed E-state index contributed by atoms with van der Waals surface area (Å²) in [5.41, 5.74) is -0.390. The van der Waals surface area contributed by atoms with E-state index < -0.39 is 23.3 Å². The molecule has 0 aliphatic carbocycles. The first-order valence-electron chi connectivity index (χ1n) is 8.22. The van der Waals surface area contributed by atoms with Gasteiger partial charge in [0.05, 0.1) is 23.5 Å². The molecular formula is C18H17F3N4O. The number of rotatable bonds is 2. The average molecular weight is 362 g/mol. The van der Waals surface area contributed by atoms with Gasteiger partial charge in [0.2, 0.25) is 0 Å². The Morgan fingerprint density at radius 3 is 2.38 bits per heavy atom. The summed E-state index contributed by atoms with van der Waals surface area (Å²) >= 11 is 0. The minimum Gasteiger partial charge on any atom is -0.338 e. The highest BCUT2D eigenvalue weighted by Gasteiger charge is 2.41. The largest absolute Gasteiger partial charge is 0.434 e. The maximum Gasteiger partial charge on any atom is 0.434 e. The van der Waals surface area contributed by atoms with E-state index in [1.807, 2.05) is 6.92 Å². The molecule has 1 aliphatic rings. The summed E-state index contributed by atoms with van der Waals surface area (Å²) in [7, 11) is 0. The van der Waals surface area contributed by atoms with Gasteiger partial charge in [0.25, 0.3) is 5.91 Å². The van der Waals surface area contributed by atoms with Gasteiger partial charge in [-0.05, 0) is 31.9 Å². The quantitative estimate of drug-likeness (QED) is 0.820. The number of aryl methyl sites for hydroxylation is 1. The van der Waals surface area contributed by atoms with Gasteiger partial charge in [0, 0.05) is 19.0 Å². The van der Waals surface area contributed by atoms with Crippen molar-refractivity contribution in [2.24, 2.45) is 5.92 Å².